The van der Waals surface area contributed by atoms with Crippen molar-refractivity contribution in [1.29, 1.82) is 0 Å². The number of carbonyl (C=O) groups is 5. The Hall–Kier alpha value is -6.15. The van der Waals surface area contributed by atoms with Gasteiger partial charge in [-0.2, -0.15) is 19.6 Å². The number of piperazine rings is 4. The highest BCUT2D eigenvalue weighted by atomic mass is 16.6. The van der Waals surface area contributed by atoms with Crippen LogP contribution in [0, 0.1) is 13.8 Å². The summed E-state index contributed by atoms with van der Waals surface area (Å²) in [7, 11) is 0. The minimum absolute atomic E-state index is 0.142. The molecule has 406 valence electrons. The monoisotopic (exact) mass is 1030 g/mol. The fraction of sp³-hybridized carbons (Fsp3) is 0.589. The van der Waals surface area contributed by atoms with Crippen LogP contribution in [0.25, 0.3) is 0 Å². The van der Waals surface area contributed by atoms with Gasteiger partial charge in [-0.15, -0.1) is 0 Å². The SMILES string of the molecule is CC(C)(C)OC(=O)c1ccn(C(=O)N2CCNCC2)n1.Cc1ccc(C=O)c(N2CCN(C3CC3)CC2)c1.Cc1ccc(CN2CCN(C(=O)n3ccc(C(=O)OC(C)(C)C)n3)CC2)c(N2CCN(C3CC3)CC2)c1. The molecule has 6 heterocycles. The van der Waals surface area contributed by atoms with Gasteiger partial charge in [0.2, 0.25) is 0 Å². The molecule has 2 aromatic heterocycles. The summed E-state index contributed by atoms with van der Waals surface area (Å²) < 4.78 is 13.0. The summed E-state index contributed by atoms with van der Waals surface area (Å²) in [5.41, 5.74) is 6.27. The van der Waals surface area contributed by atoms with Gasteiger partial charge in [-0.3, -0.25) is 19.5 Å². The number of benzene rings is 2. The van der Waals surface area contributed by atoms with Crippen LogP contribution in [0.3, 0.4) is 0 Å². The largest absolute Gasteiger partial charge is 0.455 e. The Kier molecular flexibility index (Phi) is 17.8. The predicted octanol–water partition coefficient (Wildman–Crippen LogP) is 6.02. The summed E-state index contributed by atoms with van der Waals surface area (Å²) in [6.45, 7) is 30.4. The van der Waals surface area contributed by atoms with Gasteiger partial charge in [0.05, 0.1) is 0 Å². The van der Waals surface area contributed by atoms with Crippen LogP contribution in [0.1, 0.15) is 115 Å². The number of hydrogen-bond acceptors (Lipinski definition) is 15. The van der Waals surface area contributed by atoms with E-state index in [1.54, 1.807) is 51.3 Å². The van der Waals surface area contributed by atoms with E-state index in [-0.39, 0.29) is 23.5 Å². The van der Waals surface area contributed by atoms with Crippen molar-refractivity contribution in [3.05, 3.63) is 94.6 Å². The Morgan fingerprint density at radius 2 is 1.01 bits per heavy atom. The number of aromatic nitrogens is 4. The quantitative estimate of drug-likeness (QED) is 0.152. The second kappa shape index (κ2) is 24.2. The first-order chi connectivity index (χ1) is 35.8. The van der Waals surface area contributed by atoms with E-state index in [0.29, 0.717) is 26.2 Å². The normalized spacial score (nSPS) is 19.1. The molecule has 0 spiro atoms. The molecule has 4 saturated heterocycles. The topological polar surface area (TPSA) is 174 Å². The molecule has 4 aromatic rings. The van der Waals surface area contributed by atoms with Gasteiger partial charge in [0.25, 0.3) is 0 Å². The van der Waals surface area contributed by atoms with Crippen molar-refractivity contribution in [1.82, 2.24) is 49.4 Å². The minimum Gasteiger partial charge on any atom is -0.455 e. The van der Waals surface area contributed by atoms with E-state index >= 15 is 0 Å². The van der Waals surface area contributed by atoms with Crippen LogP contribution in [0.15, 0.2) is 60.9 Å². The van der Waals surface area contributed by atoms with Crippen LogP contribution in [0.4, 0.5) is 21.0 Å². The van der Waals surface area contributed by atoms with Crippen molar-refractivity contribution in [2.24, 2.45) is 0 Å². The lowest BCUT2D eigenvalue weighted by molar-refractivity contribution is 0.00498. The summed E-state index contributed by atoms with van der Waals surface area (Å²) in [4.78, 5) is 76.5. The van der Waals surface area contributed by atoms with Crippen molar-refractivity contribution in [3.8, 4) is 0 Å². The van der Waals surface area contributed by atoms with Gasteiger partial charge in [-0.1, -0.05) is 18.2 Å². The number of nitrogens with one attached hydrogen (secondary N) is 1. The molecule has 6 aliphatic rings. The zero-order chi connectivity index (χ0) is 53.4. The number of anilines is 2. The highest BCUT2D eigenvalue weighted by Gasteiger charge is 2.34. The third-order valence-corrected chi connectivity index (χ3v) is 14.2. The maximum absolute atomic E-state index is 13.0. The van der Waals surface area contributed by atoms with E-state index in [1.165, 1.54) is 82.0 Å². The standard InChI is InChI=1S/C28H40N6O3.C15H20N2O.C13H20N4O3/c1-21-5-6-22(25(19-21)32-17-15-31(16-18-32)23-7-8-23)20-30-11-13-33(14-12-30)27(36)34-10-9-24(29-34)26(35)37-28(2,3)4;1-12-2-3-13(11-18)15(10-12)17-8-6-16(7-9-17)14-4-5-14;1-13(2,3)20-11(18)10-4-7-17(15-10)12(19)16-8-5-14-6-9-16/h5-6,9-10,19,23H,7-8,11-18,20H2,1-4H3;2-3,10-11,14H,4-9H2,1H3;4,7,14H,5-6,8-9H2,1-3H3. The van der Waals surface area contributed by atoms with E-state index in [1.807, 2.05) is 12.1 Å². The second-order valence-corrected chi connectivity index (χ2v) is 22.7. The number of nitrogens with zero attached hydrogens (tertiary/aromatic N) is 11. The van der Waals surface area contributed by atoms with Gasteiger partial charge in [0.15, 0.2) is 17.7 Å². The zero-order valence-electron chi connectivity index (χ0n) is 45.6. The number of rotatable bonds is 9. The molecule has 0 unspecified atom stereocenters. The third kappa shape index (κ3) is 15.5. The molecule has 0 radical (unpaired) electrons. The third-order valence-electron chi connectivity index (χ3n) is 14.2. The Morgan fingerprint density at radius 1 is 0.573 bits per heavy atom. The fourth-order valence-electron chi connectivity index (χ4n) is 9.89. The average molecular weight is 1030 g/mol. The summed E-state index contributed by atoms with van der Waals surface area (Å²) in [6, 6.07) is 17.2. The number of aryl methyl sites for hydroxylation is 2. The summed E-state index contributed by atoms with van der Waals surface area (Å²) >= 11 is 0. The van der Waals surface area contributed by atoms with Crippen LogP contribution >= 0.6 is 0 Å². The molecular weight excluding hydrogens is 953 g/mol. The summed E-state index contributed by atoms with van der Waals surface area (Å²) in [5, 5.41) is 11.3. The van der Waals surface area contributed by atoms with Crippen molar-refractivity contribution >= 4 is 41.7 Å². The highest BCUT2D eigenvalue weighted by molar-refractivity contribution is 5.89. The fourth-order valence-corrected chi connectivity index (χ4v) is 9.89. The van der Waals surface area contributed by atoms with Crippen LogP contribution < -0.4 is 15.1 Å². The number of ether oxygens (including phenoxy) is 2. The Balaban J connectivity index is 0.000000165. The Morgan fingerprint density at radius 3 is 1.47 bits per heavy atom. The first kappa shape index (κ1) is 55.1. The van der Waals surface area contributed by atoms with Crippen molar-refractivity contribution in [2.75, 3.05) is 115 Å². The van der Waals surface area contributed by atoms with Gasteiger partial charge >= 0.3 is 24.0 Å². The molecule has 75 heavy (non-hydrogen) atoms. The summed E-state index contributed by atoms with van der Waals surface area (Å²) in [5.74, 6) is -1.05. The van der Waals surface area contributed by atoms with Gasteiger partial charge in [-0.05, 0) is 128 Å². The van der Waals surface area contributed by atoms with E-state index in [4.69, 9.17) is 9.47 Å². The molecule has 19 heteroatoms. The minimum atomic E-state index is -0.608. The number of aldehydes is 1. The maximum Gasteiger partial charge on any atom is 0.359 e. The van der Waals surface area contributed by atoms with Crippen LogP contribution in [0.2, 0.25) is 0 Å². The summed E-state index contributed by atoms with van der Waals surface area (Å²) in [6.07, 6.45) is 9.50. The molecule has 4 aliphatic heterocycles. The molecule has 1 N–H and O–H groups in total. The first-order valence-corrected chi connectivity index (χ1v) is 27.0. The van der Waals surface area contributed by atoms with Gasteiger partial charge in [-0.25, -0.2) is 19.2 Å². The Labute approximate surface area is 443 Å². The van der Waals surface area contributed by atoms with Crippen molar-refractivity contribution < 1.29 is 33.4 Å². The lowest BCUT2D eigenvalue weighted by Gasteiger charge is -2.38. The van der Waals surface area contributed by atoms with Crippen LogP contribution in [-0.4, -0.2) is 202 Å². The van der Waals surface area contributed by atoms with Gasteiger partial charge in [0, 0.05) is 153 Å². The molecule has 19 nitrogen and oxygen atoms in total. The van der Waals surface area contributed by atoms with Gasteiger partial charge < -0.3 is 34.4 Å². The second-order valence-electron chi connectivity index (χ2n) is 22.7. The van der Waals surface area contributed by atoms with E-state index in [0.717, 1.165) is 115 Å². The molecule has 0 atom stereocenters. The zero-order valence-corrected chi connectivity index (χ0v) is 45.6. The lowest BCUT2D eigenvalue weighted by atomic mass is 10.1. The van der Waals surface area contributed by atoms with Crippen LogP contribution in [0.5, 0.6) is 0 Å². The van der Waals surface area contributed by atoms with Crippen LogP contribution in [-0.2, 0) is 16.0 Å². The molecule has 2 saturated carbocycles. The first-order valence-electron chi connectivity index (χ1n) is 27.0. The molecular formula is C56H80N12O7. The van der Waals surface area contributed by atoms with E-state index in [2.05, 4.69) is 78.1 Å². The number of esters is 2. The number of hydrogen-bond donors (Lipinski definition) is 1. The molecule has 2 amide bonds. The van der Waals surface area contributed by atoms with Crippen molar-refractivity contribution in [2.45, 2.75) is 111 Å². The average Bonchev–Trinajstić information content (AvgIpc) is 4.33. The molecule has 2 aliphatic carbocycles. The van der Waals surface area contributed by atoms with E-state index in [9.17, 15) is 24.0 Å². The molecule has 2 aromatic carbocycles. The van der Waals surface area contributed by atoms with Crippen molar-refractivity contribution in [3.63, 3.8) is 0 Å². The molecule has 0 bridgehead atoms. The van der Waals surface area contributed by atoms with Gasteiger partial charge in [0.1, 0.15) is 11.2 Å². The smallest absolute Gasteiger partial charge is 0.359 e. The predicted molar refractivity (Wildman–Crippen MR) is 289 cm³/mol. The van der Waals surface area contributed by atoms with E-state index < -0.39 is 23.1 Å². The lowest BCUT2D eigenvalue weighted by Crippen LogP contribution is -2.50. The number of carbonyl (C=O) groups excluding carboxylic acids is 5. The Bertz CT molecular complexity index is 2600. The number of amides is 2. The molecule has 6 fully saturated rings. The highest BCUT2D eigenvalue weighted by Crippen LogP contribution is 2.32. The molecule has 10 rings (SSSR count). The maximum atomic E-state index is 13.0.